The van der Waals surface area contributed by atoms with Gasteiger partial charge >= 0.3 is 50.5 Å². The topological polar surface area (TPSA) is 19.9 Å². The molecule has 0 bridgehead atoms. The van der Waals surface area contributed by atoms with Crippen LogP contribution in [0.25, 0.3) is 0 Å². The first-order chi connectivity index (χ1) is 12.7. The van der Waals surface area contributed by atoms with E-state index in [1.807, 2.05) is 11.8 Å². The molecule has 0 amide bonds. The molecular weight excluding hydrogens is 681 g/mol. The summed E-state index contributed by atoms with van der Waals surface area (Å²) in [6.45, 7) is 6.87. The molecule has 2 nitrogen and oxygen atoms in total. The van der Waals surface area contributed by atoms with Crippen molar-refractivity contribution in [3.63, 3.8) is 0 Å². The van der Waals surface area contributed by atoms with Crippen LogP contribution in [0.15, 0.2) is 52.3 Å². The van der Waals surface area contributed by atoms with E-state index >= 15 is 0 Å². The van der Waals surface area contributed by atoms with Gasteiger partial charge in [-0.25, -0.2) is 0 Å². The summed E-state index contributed by atoms with van der Waals surface area (Å²) in [7, 11) is 0. The van der Waals surface area contributed by atoms with Crippen molar-refractivity contribution in [1.29, 1.82) is 0 Å². The summed E-state index contributed by atoms with van der Waals surface area (Å²) < 4.78 is 0. The number of hydrogen-bond acceptors (Lipinski definition) is 2. The van der Waals surface area contributed by atoms with Gasteiger partial charge in [-0.2, -0.15) is 0 Å². The monoisotopic (exact) mass is 708 g/mol. The van der Waals surface area contributed by atoms with Gasteiger partial charge in [-0.15, -0.1) is 0 Å². The fraction of sp³-hybridized carbons (Fsp3) is 0.400. The predicted octanol–water partition coefficient (Wildman–Crippen LogP) is 3.86. The Bertz CT molecular complexity index is 674. The quantitative estimate of drug-likeness (QED) is 0.298. The second-order valence-electron chi connectivity index (χ2n) is 6.22. The standard InChI is InChI=1S/C20H26N2S.I3/c1-3-5-14-22(15-6-4-2)17-11-9-13-19-20(17)21-16-10-7-8-12-18(16)23-19;1-3-2/h7-13,21H,3-6,14-15H2,1-2H3;/q;-1/p+1. The summed E-state index contributed by atoms with van der Waals surface area (Å²) in [4.78, 5) is 5.35. The van der Waals surface area contributed by atoms with Crippen molar-refractivity contribution in [2.45, 2.75) is 49.3 Å². The van der Waals surface area contributed by atoms with E-state index in [2.05, 4.69) is 104 Å². The van der Waals surface area contributed by atoms with Gasteiger partial charge in [0, 0.05) is 19.2 Å². The minimum atomic E-state index is 0.530. The van der Waals surface area contributed by atoms with E-state index < -0.39 is 0 Å². The Kier molecular flexibility index (Phi) is 11.6. The Morgan fingerprint density at radius 2 is 1.54 bits per heavy atom. The van der Waals surface area contributed by atoms with Crippen molar-refractivity contribution in [3.05, 3.63) is 42.5 Å². The molecule has 0 aromatic heterocycles. The number of nitrogens with two attached hydrogens (primary N) is 1. The van der Waals surface area contributed by atoms with E-state index in [0.717, 1.165) is 13.1 Å². The normalized spacial score (nSPS) is 12.0. The molecule has 1 aliphatic heterocycles. The first kappa shape index (κ1) is 23.0. The van der Waals surface area contributed by atoms with Gasteiger partial charge in [0.05, 0.1) is 9.79 Å². The van der Waals surface area contributed by atoms with Crippen LogP contribution in [0.5, 0.6) is 0 Å². The molecule has 1 aliphatic rings. The van der Waals surface area contributed by atoms with Gasteiger partial charge in [-0.1, -0.05) is 56.7 Å². The number of anilines is 1. The zero-order valence-electron chi connectivity index (χ0n) is 15.4. The van der Waals surface area contributed by atoms with Gasteiger partial charge in [-0.05, 0) is 31.0 Å². The number of para-hydroxylation sites is 2. The van der Waals surface area contributed by atoms with Gasteiger partial charge < -0.3 is 4.90 Å². The summed E-state index contributed by atoms with van der Waals surface area (Å²) in [5, 5.41) is 2.38. The SMILES string of the molecule is CCCCN(CCCC)c1cccc2c1[NH2+]c1ccccc1S2.I[I-]I. The molecule has 2 N–H and O–H groups in total. The second-order valence-corrected chi connectivity index (χ2v) is 23.6. The predicted molar refractivity (Wildman–Crippen MR) is 128 cm³/mol. The van der Waals surface area contributed by atoms with Gasteiger partial charge in [0.25, 0.3) is 0 Å². The van der Waals surface area contributed by atoms with Crippen LogP contribution in [0.4, 0.5) is 17.1 Å². The second kappa shape index (κ2) is 13.1. The first-order valence-corrected chi connectivity index (χ1v) is 22.5. The fourth-order valence-corrected chi connectivity index (χ4v) is 4.11. The minimum absolute atomic E-state index is 0.530. The molecule has 0 aliphatic carbocycles. The van der Waals surface area contributed by atoms with E-state index in [1.165, 1.54) is 52.5 Å². The number of unbranched alkanes of at least 4 members (excludes halogenated alkanes) is 2. The first-order valence-electron chi connectivity index (χ1n) is 9.11. The number of fused-ring (bicyclic) bond motifs is 2. The third-order valence-electron chi connectivity index (χ3n) is 4.39. The van der Waals surface area contributed by atoms with E-state index in [4.69, 9.17) is 0 Å². The maximum absolute atomic E-state index is 2.59. The Labute approximate surface area is 192 Å². The van der Waals surface area contributed by atoms with E-state index in [-0.39, 0.29) is 0 Å². The van der Waals surface area contributed by atoms with Crippen LogP contribution in [-0.4, -0.2) is 13.1 Å². The third kappa shape index (κ3) is 6.66. The molecule has 26 heavy (non-hydrogen) atoms. The number of rotatable bonds is 7. The molecule has 2 aromatic carbocycles. The van der Waals surface area contributed by atoms with Crippen LogP contribution in [0, 0.1) is 0 Å². The molecule has 6 heteroatoms. The van der Waals surface area contributed by atoms with Gasteiger partial charge in [-0.3, -0.25) is 5.32 Å². The molecular formula is C20H27I3N2S. The van der Waals surface area contributed by atoms with Gasteiger partial charge in [0.1, 0.15) is 11.4 Å². The molecule has 1 heterocycles. The van der Waals surface area contributed by atoms with Crippen LogP contribution in [0.3, 0.4) is 0 Å². The summed E-state index contributed by atoms with van der Waals surface area (Å²) in [5.74, 6) is 0. The van der Waals surface area contributed by atoms with Crippen molar-refractivity contribution in [2.24, 2.45) is 0 Å². The zero-order valence-corrected chi connectivity index (χ0v) is 22.6. The van der Waals surface area contributed by atoms with Crippen molar-refractivity contribution in [1.82, 2.24) is 0 Å². The molecule has 2 aromatic rings. The van der Waals surface area contributed by atoms with Crippen molar-refractivity contribution in [2.75, 3.05) is 18.0 Å². The number of nitrogens with zero attached hydrogens (tertiary/aromatic N) is 1. The molecule has 0 spiro atoms. The van der Waals surface area contributed by atoms with Crippen LogP contribution >= 0.6 is 49.0 Å². The number of halogens is 3. The third-order valence-corrected chi connectivity index (χ3v) is 5.55. The molecule has 0 fully saturated rings. The molecule has 0 unspecified atom stereocenters. The molecule has 3 rings (SSSR count). The Morgan fingerprint density at radius 3 is 2.19 bits per heavy atom. The summed E-state index contributed by atoms with van der Waals surface area (Å²) in [5.41, 5.74) is 4.16. The van der Waals surface area contributed by atoms with Crippen LogP contribution < -0.4 is 23.5 Å². The number of quaternary nitrogens is 1. The number of benzene rings is 2. The Balaban J connectivity index is 0.000000758. The zero-order chi connectivity index (χ0) is 18.8. The van der Waals surface area contributed by atoms with Gasteiger partial charge in [0.2, 0.25) is 0 Å². The van der Waals surface area contributed by atoms with Crippen LogP contribution in [-0.2, 0) is 0 Å². The maximum atomic E-state index is 2.59. The van der Waals surface area contributed by atoms with E-state index in [1.54, 1.807) is 0 Å². The average Bonchev–Trinajstić information content (AvgIpc) is 2.67. The van der Waals surface area contributed by atoms with Crippen molar-refractivity contribution < 1.29 is 18.6 Å². The van der Waals surface area contributed by atoms with Crippen molar-refractivity contribution >= 4 is 66.1 Å². The summed E-state index contributed by atoms with van der Waals surface area (Å²) in [6, 6.07) is 15.5. The Hall–Kier alpha value is 0.740. The van der Waals surface area contributed by atoms with Crippen molar-refractivity contribution in [3.8, 4) is 0 Å². The summed E-state index contributed by atoms with van der Waals surface area (Å²) in [6.07, 6.45) is 5.02. The van der Waals surface area contributed by atoms with E-state index in [9.17, 15) is 0 Å². The molecule has 144 valence electrons. The molecule has 0 saturated carbocycles. The molecule has 0 saturated heterocycles. The number of hydrogen-bond donors (Lipinski definition) is 1. The van der Waals surface area contributed by atoms with Crippen LogP contribution in [0.1, 0.15) is 39.5 Å². The summed E-state index contributed by atoms with van der Waals surface area (Å²) >= 11 is 7.20. The van der Waals surface area contributed by atoms with Gasteiger partial charge in [0.15, 0.2) is 5.69 Å². The average molecular weight is 708 g/mol. The van der Waals surface area contributed by atoms with Crippen LogP contribution in [0.2, 0.25) is 0 Å². The molecule has 0 radical (unpaired) electrons. The molecule has 0 atom stereocenters. The van der Waals surface area contributed by atoms with E-state index in [0.29, 0.717) is 13.3 Å². The Morgan fingerprint density at radius 1 is 0.923 bits per heavy atom. The fourth-order valence-electron chi connectivity index (χ4n) is 3.06.